The zero-order valence-corrected chi connectivity index (χ0v) is 17.0. The largest absolute Gasteiger partial charge is 0.454 e. The molecule has 3 rings (SSSR count). The van der Waals surface area contributed by atoms with Crippen molar-refractivity contribution < 1.29 is 19.1 Å². The normalized spacial score (nSPS) is 11.8. The number of thiophene rings is 1. The number of esters is 1. The number of carbonyl (C=O) groups is 3. The van der Waals surface area contributed by atoms with Gasteiger partial charge in [0.1, 0.15) is 6.04 Å². The summed E-state index contributed by atoms with van der Waals surface area (Å²) in [5, 5.41) is 9.25. The van der Waals surface area contributed by atoms with Gasteiger partial charge in [0.2, 0.25) is 0 Å². The number of hydrogen-bond donors (Lipinski definition) is 2. The second-order valence-corrected chi connectivity index (χ2v) is 7.84. The van der Waals surface area contributed by atoms with Crippen molar-refractivity contribution in [2.24, 2.45) is 5.92 Å². The van der Waals surface area contributed by atoms with Crippen molar-refractivity contribution in [3.63, 3.8) is 0 Å². The van der Waals surface area contributed by atoms with E-state index in [-0.39, 0.29) is 11.8 Å². The minimum absolute atomic E-state index is 0.185. The molecular weight excluding hydrogens is 388 g/mol. The van der Waals surface area contributed by atoms with Crippen LogP contribution in [0.25, 0.3) is 10.8 Å². The molecule has 29 heavy (non-hydrogen) atoms. The summed E-state index contributed by atoms with van der Waals surface area (Å²) in [6, 6.07) is 16.0. The number of hydrogen-bond acceptors (Lipinski definition) is 5. The summed E-state index contributed by atoms with van der Waals surface area (Å²) >= 11 is 1.29. The highest BCUT2D eigenvalue weighted by atomic mass is 32.1. The van der Waals surface area contributed by atoms with Gasteiger partial charge in [0.25, 0.3) is 11.8 Å². The Morgan fingerprint density at radius 1 is 1.00 bits per heavy atom. The van der Waals surface area contributed by atoms with Crippen molar-refractivity contribution in [1.82, 2.24) is 5.32 Å². The molecule has 2 aromatic carbocycles. The lowest BCUT2D eigenvalue weighted by atomic mass is 10.0. The Morgan fingerprint density at radius 3 is 2.45 bits per heavy atom. The molecule has 2 N–H and O–H groups in total. The predicted octanol–water partition coefficient (Wildman–Crippen LogP) is 3.84. The van der Waals surface area contributed by atoms with E-state index in [4.69, 9.17) is 4.74 Å². The fraction of sp³-hybridized carbons (Fsp3) is 0.227. The van der Waals surface area contributed by atoms with Gasteiger partial charge >= 0.3 is 5.97 Å². The first kappa shape index (κ1) is 20.5. The first-order chi connectivity index (χ1) is 13.9. The molecule has 7 heteroatoms. The van der Waals surface area contributed by atoms with Gasteiger partial charge in [-0.1, -0.05) is 50.2 Å². The summed E-state index contributed by atoms with van der Waals surface area (Å²) in [7, 11) is 0. The smallest absolute Gasteiger partial charge is 0.329 e. The van der Waals surface area contributed by atoms with Gasteiger partial charge in [-0.25, -0.2) is 4.79 Å². The molecule has 0 saturated carbocycles. The van der Waals surface area contributed by atoms with Crippen LogP contribution in [0.1, 0.15) is 23.5 Å². The molecule has 0 radical (unpaired) electrons. The Labute approximate surface area is 172 Å². The first-order valence-electron chi connectivity index (χ1n) is 9.23. The number of anilines is 1. The quantitative estimate of drug-likeness (QED) is 0.580. The van der Waals surface area contributed by atoms with Crippen LogP contribution in [0.2, 0.25) is 0 Å². The fourth-order valence-electron chi connectivity index (χ4n) is 2.81. The lowest BCUT2D eigenvalue weighted by Gasteiger charge is -2.20. The van der Waals surface area contributed by atoms with E-state index in [0.29, 0.717) is 10.6 Å². The maximum absolute atomic E-state index is 12.4. The Bertz CT molecular complexity index is 1010. The van der Waals surface area contributed by atoms with Gasteiger partial charge in [-0.2, -0.15) is 0 Å². The highest BCUT2D eigenvalue weighted by Crippen LogP contribution is 2.18. The van der Waals surface area contributed by atoms with E-state index in [2.05, 4.69) is 10.6 Å². The Kier molecular flexibility index (Phi) is 6.61. The van der Waals surface area contributed by atoms with Gasteiger partial charge in [0.05, 0.1) is 4.88 Å². The third-order valence-corrected chi connectivity index (χ3v) is 5.20. The highest BCUT2D eigenvalue weighted by Gasteiger charge is 2.27. The molecule has 0 aliphatic rings. The van der Waals surface area contributed by atoms with Gasteiger partial charge < -0.3 is 15.4 Å². The number of benzene rings is 2. The van der Waals surface area contributed by atoms with Gasteiger partial charge in [-0.15, -0.1) is 11.3 Å². The van der Waals surface area contributed by atoms with Gasteiger partial charge in [-0.05, 0) is 40.3 Å². The van der Waals surface area contributed by atoms with E-state index in [0.717, 1.165) is 10.8 Å². The molecule has 0 aliphatic heterocycles. The topological polar surface area (TPSA) is 84.5 Å². The zero-order valence-electron chi connectivity index (χ0n) is 16.2. The molecule has 0 bridgehead atoms. The van der Waals surface area contributed by atoms with E-state index in [9.17, 15) is 14.4 Å². The van der Waals surface area contributed by atoms with Crippen molar-refractivity contribution in [3.05, 3.63) is 64.9 Å². The van der Waals surface area contributed by atoms with Crippen LogP contribution in [0.4, 0.5) is 5.69 Å². The van der Waals surface area contributed by atoms with Crippen LogP contribution in [-0.4, -0.2) is 30.4 Å². The third-order valence-electron chi connectivity index (χ3n) is 4.33. The molecule has 1 atom stereocenters. The van der Waals surface area contributed by atoms with Crippen molar-refractivity contribution in [3.8, 4) is 0 Å². The lowest BCUT2D eigenvalue weighted by Crippen LogP contribution is -2.45. The van der Waals surface area contributed by atoms with E-state index < -0.39 is 24.5 Å². The van der Waals surface area contributed by atoms with E-state index >= 15 is 0 Å². The molecule has 0 aliphatic carbocycles. The summed E-state index contributed by atoms with van der Waals surface area (Å²) in [4.78, 5) is 37.3. The molecule has 3 aromatic rings. The van der Waals surface area contributed by atoms with Gasteiger partial charge in [0.15, 0.2) is 6.61 Å². The van der Waals surface area contributed by atoms with Crippen LogP contribution < -0.4 is 10.6 Å². The third kappa shape index (κ3) is 5.42. The Hall–Kier alpha value is -3.19. The predicted molar refractivity (Wildman–Crippen MR) is 114 cm³/mol. The molecule has 0 fully saturated rings. The number of ether oxygens (including phenoxy) is 1. The monoisotopic (exact) mass is 410 g/mol. The average molecular weight is 410 g/mol. The van der Waals surface area contributed by atoms with E-state index in [1.165, 1.54) is 11.3 Å². The van der Waals surface area contributed by atoms with Crippen molar-refractivity contribution >= 4 is 45.6 Å². The second-order valence-electron chi connectivity index (χ2n) is 6.89. The Balaban J connectivity index is 1.55. The molecule has 0 unspecified atom stereocenters. The number of nitrogens with one attached hydrogen (secondary N) is 2. The number of amides is 2. The molecule has 150 valence electrons. The molecular formula is C22H22N2O4S. The summed E-state index contributed by atoms with van der Waals surface area (Å²) in [5.74, 6) is -1.61. The first-order valence-corrected chi connectivity index (χ1v) is 10.1. The molecule has 6 nitrogen and oxygen atoms in total. The lowest BCUT2D eigenvalue weighted by molar-refractivity contribution is -0.150. The number of fused-ring (bicyclic) bond motifs is 1. The maximum atomic E-state index is 12.4. The summed E-state index contributed by atoms with van der Waals surface area (Å²) in [6.07, 6.45) is 0. The fourth-order valence-corrected chi connectivity index (χ4v) is 3.44. The van der Waals surface area contributed by atoms with Crippen molar-refractivity contribution in [2.45, 2.75) is 19.9 Å². The van der Waals surface area contributed by atoms with Crippen molar-refractivity contribution in [1.29, 1.82) is 0 Å². The van der Waals surface area contributed by atoms with E-state index in [1.54, 1.807) is 37.4 Å². The number of carbonyl (C=O) groups excluding carboxylic acids is 3. The van der Waals surface area contributed by atoms with Crippen LogP contribution in [-0.2, 0) is 14.3 Å². The van der Waals surface area contributed by atoms with Gasteiger partial charge in [-0.3, -0.25) is 9.59 Å². The highest BCUT2D eigenvalue weighted by molar-refractivity contribution is 7.12. The van der Waals surface area contributed by atoms with Crippen LogP contribution >= 0.6 is 11.3 Å². The maximum Gasteiger partial charge on any atom is 0.329 e. The van der Waals surface area contributed by atoms with Crippen LogP contribution in [0, 0.1) is 5.92 Å². The molecule has 2 amide bonds. The SMILES string of the molecule is CC(C)[C@@H](NC(=O)c1cccs1)C(=O)OCC(=O)Nc1ccc2ccccc2c1. The number of rotatable bonds is 7. The van der Waals surface area contributed by atoms with Crippen molar-refractivity contribution in [2.75, 3.05) is 11.9 Å². The second kappa shape index (κ2) is 9.34. The van der Waals surface area contributed by atoms with Crippen LogP contribution in [0.5, 0.6) is 0 Å². The molecule has 1 aromatic heterocycles. The summed E-state index contributed by atoms with van der Waals surface area (Å²) in [5.41, 5.74) is 0.621. The summed E-state index contributed by atoms with van der Waals surface area (Å²) < 4.78 is 5.14. The minimum Gasteiger partial charge on any atom is -0.454 e. The molecule has 0 saturated heterocycles. The van der Waals surface area contributed by atoms with E-state index in [1.807, 2.05) is 36.4 Å². The summed E-state index contributed by atoms with van der Waals surface area (Å²) in [6.45, 7) is 3.18. The molecule has 1 heterocycles. The molecule has 0 spiro atoms. The van der Waals surface area contributed by atoms with Crippen LogP contribution in [0.3, 0.4) is 0 Å². The zero-order chi connectivity index (χ0) is 20.8. The minimum atomic E-state index is -0.835. The Morgan fingerprint density at radius 2 is 1.76 bits per heavy atom. The average Bonchev–Trinajstić information content (AvgIpc) is 3.25. The standard InChI is InChI=1S/C22H22N2O4S/c1-14(2)20(24-21(26)18-8-5-11-29-18)22(27)28-13-19(25)23-17-10-9-15-6-3-4-7-16(15)12-17/h3-12,14,20H,13H2,1-2H3,(H,23,25)(H,24,26)/t20-/m1/s1. The van der Waals surface area contributed by atoms with Crippen LogP contribution in [0.15, 0.2) is 60.0 Å². The van der Waals surface area contributed by atoms with Gasteiger partial charge in [0, 0.05) is 5.69 Å².